The number of anilines is 1. The second-order valence-corrected chi connectivity index (χ2v) is 11.0. The molecule has 2 heterocycles. The summed E-state index contributed by atoms with van der Waals surface area (Å²) in [6, 6.07) is 1.15. The van der Waals surface area contributed by atoms with Gasteiger partial charge in [0, 0.05) is 6.20 Å². The minimum absolute atomic E-state index is 0.171. The summed E-state index contributed by atoms with van der Waals surface area (Å²) in [5.74, 6) is -0.171. The van der Waals surface area contributed by atoms with Gasteiger partial charge in [-0.1, -0.05) is 19.1 Å². The Morgan fingerprint density at radius 2 is 1.91 bits per heavy atom. The Bertz CT molecular complexity index is 1090. The van der Waals surface area contributed by atoms with Gasteiger partial charge in [0.05, 0.1) is 6.61 Å². The number of halogens is 1. The number of phosphoric acid groups is 3. The summed E-state index contributed by atoms with van der Waals surface area (Å²) >= 11 is 0. The summed E-state index contributed by atoms with van der Waals surface area (Å²) in [7, 11) is -17.0. The van der Waals surface area contributed by atoms with Crippen molar-refractivity contribution in [1.82, 2.24) is 9.55 Å². The third kappa shape index (κ3) is 7.33. The zero-order valence-electron chi connectivity index (χ0n) is 16.6. The van der Waals surface area contributed by atoms with E-state index in [1.54, 1.807) is 6.92 Å². The van der Waals surface area contributed by atoms with Gasteiger partial charge >= 0.3 is 29.2 Å². The smallest absolute Gasteiger partial charge is 0.386 e. The normalized spacial score (nSPS) is 29.7. The lowest BCUT2D eigenvalue weighted by Crippen LogP contribution is -2.44. The van der Waals surface area contributed by atoms with Gasteiger partial charge in [0.25, 0.3) is 0 Å². The number of allylic oxidation sites excluding steroid dienone is 1. The minimum Gasteiger partial charge on any atom is -0.386 e. The summed E-state index contributed by atoms with van der Waals surface area (Å²) in [6.07, 6.45) is -2.38. The maximum atomic E-state index is 14.9. The van der Waals surface area contributed by atoms with E-state index >= 15 is 0 Å². The topological polar surface area (TPSA) is 250 Å². The number of alkyl halides is 1. The molecule has 188 valence electrons. The highest BCUT2D eigenvalue weighted by molar-refractivity contribution is 7.66. The van der Waals surface area contributed by atoms with Gasteiger partial charge in [0.15, 0.2) is 12.4 Å². The van der Waals surface area contributed by atoms with Gasteiger partial charge in [-0.3, -0.25) is 9.09 Å². The third-order valence-electron chi connectivity index (χ3n) is 4.05. The standard InChI is InChI=1S/C13H21FN3O13P3/c1-2-3-5-13(7-27-32(23,24)30-33(25,26)29-31(20,21)22)10(18)9(14)11(28-13)17-6-4-8(15)16-12(17)19/h3-6,9-11,18H,2,7H2,1H3,(H,23,24)(H,25,26)(H2,15,16,19)(H2,20,21,22). The van der Waals surface area contributed by atoms with E-state index in [1.807, 2.05) is 0 Å². The van der Waals surface area contributed by atoms with Crippen molar-refractivity contribution in [3.63, 3.8) is 0 Å². The molecule has 1 fully saturated rings. The van der Waals surface area contributed by atoms with Gasteiger partial charge in [-0.05, 0) is 12.5 Å². The van der Waals surface area contributed by atoms with Crippen LogP contribution < -0.4 is 11.4 Å². The Morgan fingerprint density at radius 1 is 1.27 bits per heavy atom. The summed E-state index contributed by atoms with van der Waals surface area (Å²) < 4.78 is 66.9. The predicted octanol–water partition coefficient (Wildman–Crippen LogP) is 0.102. The molecule has 20 heteroatoms. The van der Waals surface area contributed by atoms with E-state index in [1.165, 1.54) is 6.08 Å². The van der Waals surface area contributed by atoms with Gasteiger partial charge in [0.2, 0.25) is 0 Å². The number of ether oxygens (including phenoxy) is 1. The van der Waals surface area contributed by atoms with Crippen LogP contribution in [0.15, 0.2) is 29.2 Å². The average Bonchev–Trinajstić information content (AvgIpc) is 2.88. The largest absolute Gasteiger partial charge is 0.490 e. The molecule has 2 rings (SSSR count). The van der Waals surface area contributed by atoms with Gasteiger partial charge in [-0.25, -0.2) is 22.9 Å². The summed E-state index contributed by atoms with van der Waals surface area (Å²) in [4.78, 5) is 51.4. The van der Waals surface area contributed by atoms with Gasteiger partial charge in [0.1, 0.15) is 17.5 Å². The molecule has 6 atom stereocenters. The van der Waals surface area contributed by atoms with E-state index in [0.29, 0.717) is 11.0 Å². The molecule has 1 aliphatic rings. The fourth-order valence-corrected chi connectivity index (χ4v) is 5.78. The maximum Gasteiger partial charge on any atom is 0.490 e. The Hall–Kier alpha value is -1.32. The van der Waals surface area contributed by atoms with Crippen LogP contribution in [0.25, 0.3) is 0 Å². The molecule has 0 amide bonds. The molecule has 1 saturated heterocycles. The number of aromatic nitrogens is 2. The van der Waals surface area contributed by atoms with Crippen LogP contribution in [0, 0.1) is 0 Å². The number of aliphatic hydroxyl groups excluding tert-OH is 1. The highest BCUT2D eigenvalue weighted by atomic mass is 31.3. The van der Waals surface area contributed by atoms with E-state index in [0.717, 1.165) is 18.3 Å². The number of aliphatic hydroxyl groups is 1. The van der Waals surface area contributed by atoms with Crippen LogP contribution in [0.3, 0.4) is 0 Å². The predicted molar refractivity (Wildman–Crippen MR) is 106 cm³/mol. The lowest BCUT2D eigenvalue weighted by Gasteiger charge is -2.29. The average molecular weight is 539 g/mol. The van der Waals surface area contributed by atoms with Gasteiger partial charge in [-0.15, -0.1) is 0 Å². The van der Waals surface area contributed by atoms with Crippen LogP contribution >= 0.6 is 23.5 Å². The van der Waals surface area contributed by atoms with Gasteiger partial charge in [-0.2, -0.15) is 13.6 Å². The second kappa shape index (κ2) is 10.1. The van der Waals surface area contributed by atoms with Crippen LogP contribution in [0.2, 0.25) is 0 Å². The fourth-order valence-electron chi connectivity index (χ4n) is 2.72. The highest BCUT2D eigenvalue weighted by Gasteiger charge is 2.56. The fraction of sp³-hybridized carbons (Fsp3) is 0.538. The van der Waals surface area contributed by atoms with Crippen LogP contribution in [0.5, 0.6) is 0 Å². The molecule has 0 radical (unpaired) electrons. The Balaban J connectivity index is 2.30. The van der Waals surface area contributed by atoms with E-state index < -0.39 is 59.9 Å². The zero-order valence-corrected chi connectivity index (χ0v) is 19.3. The number of phosphoric ester groups is 1. The van der Waals surface area contributed by atoms with Gasteiger partial charge < -0.3 is 35.2 Å². The van der Waals surface area contributed by atoms with Crippen molar-refractivity contribution in [3.05, 3.63) is 34.9 Å². The summed E-state index contributed by atoms with van der Waals surface area (Å²) in [5.41, 5.74) is 2.13. The van der Waals surface area contributed by atoms with E-state index in [9.17, 15) is 37.8 Å². The molecule has 0 aliphatic carbocycles. The Morgan fingerprint density at radius 3 is 2.45 bits per heavy atom. The Labute approximate surface area is 184 Å². The molecular formula is C13H21FN3O13P3. The van der Waals surface area contributed by atoms with Crippen molar-refractivity contribution >= 4 is 29.3 Å². The van der Waals surface area contributed by atoms with Crippen molar-refractivity contribution in [2.75, 3.05) is 12.3 Å². The molecule has 0 saturated carbocycles. The highest BCUT2D eigenvalue weighted by Crippen LogP contribution is 2.66. The van der Waals surface area contributed by atoms with E-state index in [-0.39, 0.29) is 5.82 Å². The number of nitrogens with zero attached hydrogens (tertiary/aromatic N) is 2. The third-order valence-corrected chi connectivity index (χ3v) is 7.83. The molecular weight excluding hydrogens is 518 g/mol. The van der Waals surface area contributed by atoms with Crippen LogP contribution in [0.1, 0.15) is 19.6 Å². The molecule has 7 N–H and O–H groups in total. The van der Waals surface area contributed by atoms with Crippen LogP contribution in [-0.4, -0.2) is 58.7 Å². The van der Waals surface area contributed by atoms with Crippen LogP contribution in [-0.2, 0) is 31.6 Å². The zero-order chi connectivity index (χ0) is 25.2. The summed E-state index contributed by atoms with van der Waals surface area (Å²) in [5, 5.41) is 10.5. The molecule has 33 heavy (non-hydrogen) atoms. The molecule has 0 spiro atoms. The van der Waals surface area contributed by atoms with Crippen molar-refractivity contribution in [2.24, 2.45) is 0 Å². The van der Waals surface area contributed by atoms with Crippen molar-refractivity contribution in [1.29, 1.82) is 0 Å². The van der Waals surface area contributed by atoms with Crippen molar-refractivity contribution in [2.45, 2.75) is 37.4 Å². The maximum absolute atomic E-state index is 14.9. The molecule has 1 aliphatic heterocycles. The van der Waals surface area contributed by atoms with Crippen molar-refractivity contribution in [3.8, 4) is 0 Å². The number of hydrogen-bond acceptors (Lipinski definition) is 11. The first-order valence-electron chi connectivity index (χ1n) is 8.81. The Kier molecular flexibility index (Phi) is 8.56. The first-order valence-corrected chi connectivity index (χ1v) is 13.3. The quantitative estimate of drug-likeness (QED) is 0.170. The van der Waals surface area contributed by atoms with E-state index in [4.69, 9.17) is 20.3 Å². The number of hydrogen-bond donors (Lipinski definition) is 6. The first kappa shape index (κ1) is 27.9. The molecule has 0 aromatic carbocycles. The lowest BCUT2D eigenvalue weighted by molar-refractivity contribution is -0.0967. The molecule has 1 aromatic heterocycles. The lowest BCUT2D eigenvalue weighted by atomic mass is 9.96. The van der Waals surface area contributed by atoms with Crippen LogP contribution in [0.4, 0.5) is 10.2 Å². The molecule has 1 aromatic rings. The number of nitrogen functional groups attached to an aromatic ring is 1. The number of rotatable bonds is 10. The minimum atomic E-state index is -5.80. The first-order chi connectivity index (χ1) is 15.0. The number of nitrogens with two attached hydrogens (primary N) is 1. The second-order valence-electron chi connectivity index (χ2n) is 6.57. The SMILES string of the molecule is CCC=CC1(COP(=O)(O)OP(=O)(O)OP(=O)(O)O)OC(n2ccc(N)nc2=O)C(F)C1O. The summed E-state index contributed by atoms with van der Waals surface area (Å²) in [6.45, 7) is 0.467. The monoisotopic (exact) mass is 539 g/mol. The van der Waals surface area contributed by atoms with Crippen molar-refractivity contribution < 1.29 is 60.6 Å². The molecule has 6 unspecified atom stereocenters. The van der Waals surface area contributed by atoms with E-state index in [2.05, 4.69) is 18.1 Å². The molecule has 0 bridgehead atoms. The molecule has 16 nitrogen and oxygen atoms in total.